The number of aromatic nitrogens is 2. The fraction of sp³-hybridized carbons (Fsp3) is 0.111. The van der Waals surface area contributed by atoms with Crippen LogP contribution in [0.2, 0.25) is 0 Å². The Balaban J connectivity index is 1.21. The number of hydrogen-bond donors (Lipinski definition) is 3. The molecule has 5 rings (SSSR count). The summed E-state index contributed by atoms with van der Waals surface area (Å²) in [5, 5.41) is 6.79. The number of nitrogens with zero attached hydrogens (tertiary/aromatic N) is 2. The predicted molar refractivity (Wildman–Crippen MR) is 135 cm³/mol. The summed E-state index contributed by atoms with van der Waals surface area (Å²) >= 11 is 0. The Bertz CT molecular complexity index is 1460. The molecule has 0 saturated carbocycles. The lowest BCUT2D eigenvalue weighted by Gasteiger charge is -2.12. The molecule has 4 N–H and O–H groups in total. The van der Waals surface area contributed by atoms with E-state index in [1.54, 1.807) is 18.2 Å². The van der Waals surface area contributed by atoms with E-state index in [1.807, 2.05) is 54.6 Å². The van der Waals surface area contributed by atoms with Gasteiger partial charge in [0.05, 0.1) is 11.1 Å². The maximum Gasteiger partial charge on any atom is 0.294 e. The maximum atomic E-state index is 12.7. The summed E-state index contributed by atoms with van der Waals surface area (Å²) < 4.78 is 11.2. The van der Waals surface area contributed by atoms with Crippen LogP contribution in [0.3, 0.4) is 0 Å². The van der Waals surface area contributed by atoms with Gasteiger partial charge in [-0.05, 0) is 35.4 Å². The second-order valence-electron chi connectivity index (χ2n) is 8.15. The van der Waals surface area contributed by atoms with Crippen LogP contribution in [0, 0.1) is 0 Å². The molecule has 1 aliphatic heterocycles. The lowest BCUT2D eigenvalue weighted by Crippen LogP contribution is -2.18. The number of primary amides is 1. The standard InChI is InChI=1S/C27H23N5O4/c28-25(33)20-10-5-11-21-24(20)30-16-31-26(21)29-14-18-8-4-9-19(12-18)32-27(34)22-15-35-23(36-22)13-17-6-2-1-3-7-17/h1-12,15-16,23H,13-14H2,(H2,28,33)(H,32,34)(H,29,30,31). The normalized spacial score (nSPS) is 14.4. The first-order valence-corrected chi connectivity index (χ1v) is 11.3. The number of hydrogen-bond acceptors (Lipinski definition) is 7. The van der Waals surface area contributed by atoms with E-state index in [4.69, 9.17) is 15.2 Å². The molecule has 2 amide bonds. The van der Waals surface area contributed by atoms with E-state index in [1.165, 1.54) is 12.6 Å². The Labute approximate surface area is 207 Å². The minimum atomic E-state index is -0.549. The summed E-state index contributed by atoms with van der Waals surface area (Å²) in [4.78, 5) is 32.9. The zero-order chi connectivity index (χ0) is 24.9. The molecule has 1 unspecified atom stereocenters. The van der Waals surface area contributed by atoms with Crippen molar-refractivity contribution >= 4 is 34.2 Å². The molecule has 36 heavy (non-hydrogen) atoms. The molecule has 0 fully saturated rings. The molecule has 2 heterocycles. The molecule has 0 radical (unpaired) electrons. The third kappa shape index (κ3) is 5.10. The van der Waals surface area contributed by atoms with Gasteiger partial charge in [-0.15, -0.1) is 0 Å². The fourth-order valence-corrected chi connectivity index (χ4v) is 3.90. The van der Waals surface area contributed by atoms with E-state index in [0.717, 1.165) is 11.1 Å². The fourth-order valence-electron chi connectivity index (χ4n) is 3.90. The number of ether oxygens (including phenoxy) is 2. The molecule has 0 aliphatic carbocycles. The smallest absolute Gasteiger partial charge is 0.294 e. The van der Waals surface area contributed by atoms with Crippen molar-refractivity contribution in [1.29, 1.82) is 0 Å². The number of carbonyl (C=O) groups excluding carboxylic acids is 2. The number of benzene rings is 3. The van der Waals surface area contributed by atoms with E-state index in [2.05, 4.69) is 20.6 Å². The number of carbonyl (C=O) groups is 2. The first kappa shape index (κ1) is 22.9. The molecule has 180 valence electrons. The summed E-state index contributed by atoms with van der Waals surface area (Å²) in [6.07, 6.45) is 2.72. The molecule has 1 atom stereocenters. The van der Waals surface area contributed by atoms with Crippen LogP contribution in [0.5, 0.6) is 0 Å². The summed E-state index contributed by atoms with van der Waals surface area (Å²) in [7, 11) is 0. The molecule has 0 spiro atoms. The molecule has 0 saturated heterocycles. The molecule has 4 aromatic rings. The van der Waals surface area contributed by atoms with E-state index < -0.39 is 18.1 Å². The summed E-state index contributed by atoms with van der Waals surface area (Å²) in [6, 6.07) is 22.4. The van der Waals surface area contributed by atoms with Crippen LogP contribution in [-0.2, 0) is 27.2 Å². The van der Waals surface area contributed by atoms with Crippen molar-refractivity contribution in [1.82, 2.24) is 9.97 Å². The third-order valence-corrected chi connectivity index (χ3v) is 5.63. The molecular formula is C27H23N5O4. The average molecular weight is 482 g/mol. The van der Waals surface area contributed by atoms with E-state index >= 15 is 0 Å². The highest BCUT2D eigenvalue weighted by Crippen LogP contribution is 2.24. The van der Waals surface area contributed by atoms with Gasteiger partial charge in [0, 0.05) is 24.0 Å². The van der Waals surface area contributed by atoms with Crippen LogP contribution in [0.25, 0.3) is 10.9 Å². The van der Waals surface area contributed by atoms with Gasteiger partial charge in [0.1, 0.15) is 18.4 Å². The number of rotatable bonds is 8. The Morgan fingerprint density at radius 3 is 2.58 bits per heavy atom. The second-order valence-corrected chi connectivity index (χ2v) is 8.15. The minimum Gasteiger partial charge on any atom is -0.458 e. The Morgan fingerprint density at radius 2 is 1.75 bits per heavy atom. The van der Waals surface area contributed by atoms with Crippen LogP contribution in [-0.4, -0.2) is 28.1 Å². The van der Waals surface area contributed by atoms with Gasteiger partial charge in [-0.1, -0.05) is 48.5 Å². The molecule has 1 aromatic heterocycles. The molecular weight excluding hydrogens is 458 g/mol. The Kier molecular flexibility index (Phi) is 6.44. The van der Waals surface area contributed by atoms with Crippen molar-refractivity contribution in [3.8, 4) is 0 Å². The van der Waals surface area contributed by atoms with E-state index in [-0.39, 0.29) is 5.76 Å². The van der Waals surface area contributed by atoms with Crippen molar-refractivity contribution in [3.05, 3.63) is 108 Å². The number of anilines is 2. The van der Waals surface area contributed by atoms with Crippen LogP contribution in [0.4, 0.5) is 11.5 Å². The van der Waals surface area contributed by atoms with Gasteiger partial charge >= 0.3 is 0 Å². The van der Waals surface area contributed by atoms with Crippen molar-refractivity contribution in [3.63, 3.8) is 0 Å². The highest BCUT2D eigenvalue weighted by Gasteiger charge is 2.25. The molecule has 9 heteroatoms. The quantitative estimate of drug-likeness (QED) is 0.350. The average Bonchev–Trinajstić information content (AvgIpc) is 3.36. The van der Waals surface area contributed by atoms with Crippen LogP contribution < -0.4 is 16.4 Å². The largest absolute Gasteiger partial charge is 0.458 e. The first-order valence-electron chi connectivity index (χ1n) is 11.3. The zero-order valence-electron chi connectivity index (χ0n) is 19.2. The lowest BCUT2D eigenvalue weighted by atomic mass is 10.1. The Morgan fingerprint density at radius 1 is 0.944 bits per heavy atom. The van der Waals surface area contributed by atoms with Crippen molar-refractivity contribution < 1.29 is 19.1 Å². The van der Waals surface area contributed by atoms with Crippen LogP contribution in [0.15, 0.2) is 91.1 Å². The van der Waals surface area contributed by atoms with Crippen molar-refractivity contribution in [2.24, 2.45) is 5.73 Å². The van der Waals surface area contributed by atoms with Crippen molar-refractivity contribution in [2.75, 3.05) is 10.6 Å². The zero-order valence-corrected chi connectivity index (χ0v) is 19.2. The third-order valence-electron chi connectivity index (χ3n) is 5.63. The topological polar surface area (TPSA) is 128 Å². The number of nitrogens with two attached hydrogens (primary N) is 1. The van der Waals surface area contributed by atoms with Gasteiger partial charge in [-0.25, -0.2) is 9.97 Å². The first-order chi connectivity index (χ1) is 17.6. The van der Waals surface area contributed by atoms with Crippen LogP contribution >= 0.6 is 0 Å². The van der Waals surface area contributed by atoms with Gasteiger partial charge in [0.15, 0.2) is 0 Å². The lowest BCUT2D eigenvalue weighted by molar-refractivity contribution is -0.118. The van der Waals surface area contributed by atoms with E-state index in [0.29, 0.717) is 40.9 Å². The van der Waals surface area contributed by atoms with E-state index in [9.17, 15) is 9.59 Å². The van der Waals surface area contributed by atoms with Gasteiger partial charge in [0.2, 0.25) is 12.0 Å². The van der Waals surface area contributed by atoms with Crippen LogP contribution in [0.1, 0.15) is 21.5 Å². The van der Waals surface area contributed by atoms with Crippen molar-refractivity contribution in [2.45, 2.75) is 19.3 Å². The number of fused-ring (bicyclic) bond motifs is 1. The molecule has 1 aliphatic rings. The highest BCUT2D eigenvalue weighted by molar-refractivity contribution is 6.07. The number of para-hydroxylation sites is 1. The molecule has 3 aromatic carbocycles. The highest BCUT2D eigenvalue weighted by atomic mass is 16.7. The summed E-state index contributed by atoms with van der Waals surface area (Å²) in [6.45, 7) is 0.429. The molecule has 0 bridgehead atoms. The van der Waals surface area contributed by atoms with Gasteiger partial charge < -0.3 is 25.8 Å². The Hall–Kier alpha value is -4.92. The van der Waals surface area contributed by atoms with Gasteiger partial charge in [-0.3, -0.25) is 9.59 Å². The predicted octanol–water partition coefficient (Wildman–Crippen LogP) is 3.74. The number of nitrogens with one attached hydrogen (secondary N) is 2. The van der Waals surface area contributed by atoms with Gasteiger partial charge in [-0.2, -0.15) is 0 Å². The summed E-state index contributed by atoms with van der Waals surface area (Å²) in [5.41, 5.74) is 8.86. The maximum absolute atomic E-state index is 12.7. The minimum absolute atomic E-state index is 0.122. The summed E-state index contributed by atoms with van der Waals surface area (Å²) in [5.74, 6) is -0.246. The second kappa shape index (κ2) is 10.1. The monoisotopic (exact) mass is 481 g/mol. The van der Waals surface area contributed by atoms with Gasteiger partial charge in [0.25, 0.3) is 11.8 Å². The number of amides is 2. The molecule has 9 nitrogen and oxygen atoms in total. The SMILES string of the molecule is NC(=O)c1cccc2c(NCc3cccc(NC(=O)C4=COC(Cc5ccccc5)O4)c3)ncnc12.